The largest absolute Gasteiger partial charge is 0.352 e. The smallest absolute Gasteiger partial charge is 0.241 e. The number of guanidine groups is 1. The predicted octanol–water partition coefficient (Wildman–Crippen LogP) is -1.45. The van der Waals surface area contributed by atoms with E-state index in [9.17, 15) is 9.59 Å². The fourth-order valence-electron chi connectivity index (χ4n) is 2.47. The molecule has 1 saturated carbocycles. The second-order valence-electron chi connectivity index (χ2n) is 6.29. The van der Waals surface area contributed by atoms with E-state index < -0.39 is 0 Å². The molecule has 0 spiro atoms. The van der Waals surface area contributed by atoms with Gasteiger partial charge in [0.25, 0.3) is 0 Å². The molecule has 8 nitrogen and oxygen atoms in total. The van der Waals surface area contributed by atoms with Crippen LogP contribution in [0.25, 0.3) is 0 Å². The lowest BCUT2D eigenvalue weighted by atomic mass is 10.3. The molecule has 1 saturated heterocycles. The molecule has 2 aliphatic rings. The number of carbonyl (C=O) groups excluding carboxylic acids is 2. The molecule has 0 bridgehead atoms. The monoisotopic (exact) mass is 324 g/mol. The van der Waals surface area contributed by atoms with Gasteiger partial charge in [-0.2, -0.15) is 0 Å². The molecule has 0 aromatic carbocycles. The predicted molar refractivity (Wildman–Crippen MR) is 89.2 cm³/mol. The minimum atomic E-state index is 0.0153. The highest BCUT2D eigenvalue weighted by molar-refractivity contribution is 5.86. The molecule has 0 aromatic rings. The molecule has 1 aliphatic carbocycles. The minimum absolute atomic E-state index is 0.0153. The van der Waals surface area contributed by atoms with Crippen molar-refractivity contribution in [3.8, 4) is 0 Å². The van der Waals surface area contributed by atoms with Crippen LogP contribution in [0.4, 0.5) is 0 Å². The molecule has 0 atom stereocenters. The van der Waals surface area contributed by atoms with E-state index in [4.69, 9.17) is 0 Å². The van der Waals surface area contributed by atoms with Gasteiger partial charge < -0.3 is 20.4 Å². The van der Waals surface area contributed by atoms with E-state index in [0.29, 0.717) is 12.6 Å². The summed E-state index contributed by atoms with van der Waals surface area (Å²) < 4.78 is 0. The highest BCUT2D eigenvalue weighted by Gasteiger charge is 2.26. The lowest BCUT2D eigenvalue weighted by Crippen LogP contribution is -2.54. The van der Waals surface area contributed by atoms with Crippen LogP contribution in [0.15, 0.2) is 4.99 Å². The number of rotatable bonds is 5. The molecule has 1 heterocycles. The zero-order chi connectivity index (χ0) is 16.8. The summed E-state index contributed by atoms with van der Waals surface area (Å²) in [4.78, 5) is 33.6. The van der Waals surface area contributed by atoms with Gasteiger partial charge in [-0.15, -0.1) is 0 Å². The first-order valence-corrected chi connectivity index (χ1v) is 8.17. The van der Waals surface area contributed by atoms with Crippen molar-refractivity contribution in [1.29, 1.82) is 0 Å². The summed E-state index contributed by atoms with van der Waals surface area (Å²) in [5, 5.41) is 6.11. The van der Waals surface area contributed by atoms with Gasteiger partial charge in [-0.3, -0.25) is 19.5 Å². The molecule has 0 aromatic heterocycles. The molecule has 2 rings (SSSR count). The Morgan fingerprint density at radius 1 is 1.17 bits per heavy atom. The third-order valence-corrected chi connectivity index (χ3v) is 4.09. The fraction of sp³-hybridized carbons (Fsp3) is 0.800. The Labute approximate surface area is 137 Å². The molecule has 1 aliphatic heterocycles. The van der Waals surface area contributed by atoms with Gasteiger partial charge in [-0.05, 0) is 12.8 Å². The summed E-state index contributed by atoms with van der Waals surface area (Å²) in [5.74, 6) is 0.879. The molecule has 2 N–H and O–H groups in total. The average Bonchev–Trinajstić information content (AvgIpc) is 3.32. The number of carbonyl (C=O) groups is 2. The minimum Gasteiger partial charge on any atom is -0.352 e. The Kier molecular flexibility index (Phi) is 6.20. The maximum atomic E-state index is 11.8. The van der Waals surface area contributed by atoms with E-state index in [2.05, 4.69) is 25.4 Å². The van der Waals surface area contributed by atoms with Gasteiger partial charge in [0.1, 0.15) is 0 Å². The molecular formula is C15H28N6O2. The van der Waals surface area contributed by atoms with E-state index >= 15 is 0 Å². The van der Waals surface area contributed by atoms with Crippen LogP contribution in [-0.4, -0.2) is 98.9 Å². The topological polar surface area (TPSA) is 80.3 Å². The first kappa shape index (κ1) is 17.5. The van der Waals surface area contributed by atoms with Crippen molar-refractivity contribution in [2.75, 3.05) is 60.4 Å². The molecular weight excluding hydrogens is 296 g/mol. The third kappa shape index (κ3) is 5.70. The van der Waals surface area contributed by atoms with Crippen LogP contribution in [0.5, 0.6) is 0 Å². The van der Waals surface area contributed by atoms with Gasteiger partial charge in [0, 0.05) is 53.4 Å². The van der Waals surface area contributed by atoms with Crippen LogP contribution in [0.1, 0.15) is 12.8 Å². The second-order valence-corrected chi connectivity index (χ2v) is 6.29. The number of hydrogen-bond donors (Lipinski definition) is 2. The Bertz CT molecular complexity index is 453. The van der Waals surface area contributed by atoms with Crippen molar-refractivity contribution in [3.05, 3.63) is 0 Å². The van der Waals surface area contributed by atoms with Crippen molar-refractivity contribution in [1.82, 2.24) is 25.3 Å². The Hall–Kier alpha value is -1.83. The van der Waals surface area contributed by atoms with Gasteiger partial charge >= 0.3 is 0 Å². The Morgan fingerprint density at radius 3 is 2.35 bits per heavy atom. The van der Waals surface area contributed by atoms with E-state index in [1.807, 2.05) is 0 Å². The quantitative estimate of drug-likeness (QED) is 0.478. The zero-order valence-corrected chi connectivity index (χ0v) is 14.3. The van der Waals surface area contributed by atoms with Gasteiger partial charge in [-0.1, -0.05) is 0 Å². The Balaban J connectivity index is 1.71. The average molecular weight is 324 g/mol. The first-order valence-electron chi connectivity index (χ1n) is 8.17. The number of likely N-dealkylation sites (N-methyl/N-ethyl adjacent to an activating group) is 1. The molecule has 130 valence electrons. The summed E-state index contributed by atoms with van der Waals surface area (Å²) in [7, 11) is 5.19. The van der Waals surface area contributed by atoms with Crippen LogP contribution in [0, 0.1) is 0 Å². The highest BCUT2D eigenvalue weighted by Crippen LogP contribution is 2.18. The van der Waals surface area contributed by atoms with Crippen LogP contribution in [0.2, 0.25) is 0 Å². The summed E-state index contributed by atoms with van der Waals surface area (Å²) in [6, 6.07) is 0.418. The highest BCUT2D eigenvalue weighted by atomic mass is 16.2. The van der Waals surface area contributed by atoms with Gasteiger partial charge in [-0.25, -0.2) is 0 Å². The van der Waals surface area contributed by atoms with Crippen molar-refractivity contribution in [3.63, 3.8) is 0 Å². The van der Waals surface area contributed by atoms with E-state index in [-0.39, 0.29) is 18.4 Å². The first-order chi connectivity index (χ1) is 11.0. The summed E-state index contributed by atoms with van der Waals surface area (Å²) in [6.07, 6.45) is 2.24. The lowest BCUT2D eigenvalue weighted by Gasteiger charge is -2.36. The van der Waals surface area contributed by atoms with Crippen LogP contribution < -0.4 is 10.6 Å². The molecule has 0 unspecified atom stereocenters. The van der Waals surface area contributed by atoms with Gasteiger partial charge in [0.2, 0.25) is 11.8 Å². The number of piperazine rings is 1. The van der Waals surface area contributed by atoms with Crippen molar-refractivity contribution in [2.45, 2.75) is 18.9 Å². The number of nitrogens with zero attached hydrogens (tertiary/aromatic N) is 4. The van der Waals surface area contributed by atoms with Crippen molar-refractivity contribution in [2.24, 2.45) is 4.99 Å². The normalized spacial score (nSPS) is 19.4. The van der Waals surface area contributed by atoms with Crippen LogP contribution in [0.3, 0.4) is 0 Å². The number of nitrogens with one attached hydrogen (secondary N) is 2. The van der Waals surface area contributed by atoms with Crippen molar-refractivity contribution >= 4 is 17.8 Å². The summed E-state index contributed by atoms with van der Waals surface area (Å²) in [6.45, 7) is 3.94. The maximum Gasteiger partial charge on any atom is 0.241 e. The SMILES string of the molecule is CN=C(NCC(=O)N(C)C)N1CCN(CC(=O)NC2CC2)CC1. The van der Waals surface area contributed by atoms with Gasteiger partial charge in [0.15, 0.2) is 5.96 Å². The molecule has 2 amide bonds. The number of aliphatic imine (C=N–C) groups is 1. The Morgan fingerprint density at radius 2 is 1.83 bits per heavy atom. The lowest BCUT2D eigenvalue weighted by molar-refractivity contribution is -0.127. The zero-order valence-electron chi connectivity index (χ0n) is 14.3. The van der Waals surface area contributed by atoms with Crippen LogP contribution in [-0.2, 0) is 9.59 Å². The van der Waals surface area contributed by atoms with E-state index in [1.165, 1.54) is 0 Å². The fourth-order valence-corrected chi connectivity index (χ4v) is 2.47. The number of hydrogen-bond acceptors (Lipinski definition) is 4. The van der Waals surface area contributed by atoms with Crippen molar-refractivity contribution < 1.29 is 9.59 Å². The molecule has 0 radical (unpaired) electrons. The van der Waals surface area contributed by atoms with E-state index in [0.717, 1.165) is 45.0 Å². The number of amides is 2. The van der Waals surface area contributed by atoms with Gasteiger partial charge in [0.05, 0.1) is 13.1 Å². The molecule has 23 heavy (non-hydrogen) atoms. The summed E-state index contributed by atoms with van der Waals surface area (Å²) >= 11 is 0. The molecule has 8 heteroatoms. The molecule has 2 fully saturated rings. The third-order valence-electron chi connectivity index (χ3n) is 4.09. The maximum absolute atomic E-state index is 11.8. The summed E-state index contributed by atoms with van der Waals surface area (Å²) in [5.41, 5.74) is 0. The van der Waals surface area contributed by atoms with E-state index in [1.54, 1.807) is 26.0 Å². The standard InChI is InChI=1S/C15H28N6O2/c1-16-15(17-10-14(23)19(2)3)21-8-6-20(7-9-21)11-13(22)18-12-4-5-12/h12H,4-11H2,1-3H3,(H,16,17)(H,18,22). The second kappa shape index (κ2) is 8.14. The van der Waals surface area contributed by atoms with Crippen LogP contribution >= 0.6 is 0 Å².